The summed E-state index contributed by atoms with van der Waals surface area (Å²) in [6.07, 6.45) is 1.44. The molecule has 0 aliphatic carbocycles. The molecule has 0 bridgehead atoms. The van der Waals surface area contributed by atoms with E-state index in [1.54, 1.807) is 48.5 Å². The Balaban J connectivity index is 1.47. The van der Waals surface area contributed by atoms with E-state index in [1.807, 2.05) is 0 Å². The number of carbonyl (C=O) groups is 3. The van der Waals surface area contributed by atoms with E-state index in [0.717, 1.165) is 0 Å². The van der Waals surface area contributed by atoms with Gasteiger partial charge in [0.15, 0.2) is 10.9 Å². The molecule has 1 aliphatic heterocycles. The van der Waals surface area contributed by atoms with Crippen LogP contribution in [0.3, 0.4) is 0 Å². The van der Waals surface area contributed by atoms with Gasteiger partial charge in [-0.05, 0) is 90.6 Å². The van der Waals surface area contributed by atoms with Gasteiger partial charge >= 0.3 is 0 Å². The SMILES string of the molecule is O=C1NC(=S)N(c2ccc(Cl)cc2)C(=O)C1=Cc1ccc2oc(C(=O)c3ccc(F)cc3)cc2c1. The molecule has 5 rings (SSSR count). The van der Waals surface area contributed by atoms with Crippen LogP contribution in [0.5, 0.6) is 0 Å². The summed E-state index contributed by atoms with van der Waals surface area (Å²) in [5, 5.41) is 3.59. The van der Waals surface area contributed by atoms with E-state index in [0.29, 0.717) is 27.2 Å². The van der Waals surface area contributed by atoms with Crippen molar-refractivity contribution in [3.63, 3.8) is 0 Å². The number of carbonyl (C=O) groups excluding carboxylic acids is 3. The Labute approximate surface area is 208 Å². The van der Waals surface area contributed by atoms with Crippen molar-refractivity contribution in [3.05, 3.63) is 106 Å². The molecule has 0 radical (unpaired) electrons. The highest BCUT2D eigenvalue weighted by Gasteiger charge is 2.34. The van der Waals surface area contributed by atoms with Crippen molar-refractivity contribution >= 4 is 69.3 Å². The minimum Gasteiger partial charge on any atom is -0.453 e. The van der Waals surface area contributed by atoms with Gasteiger partial charge in [-0.25, -0.2) is 4.39 Å². The summed E-state index contributed by atoms with van der Waals surface area (Å²) in [5.41, 5.74) is 1.63. The fourth-order valence-corrected chi connectivity index (χ4v) is 4.06. The van der Waals surface area contributed by atoms with E-state index >= 15 is 0 Å². The third kappa shape index (κ3) is 4.37. The zero-order valence-corrected chi connectivity index (χ0v) is 19.3. The predicted octanol–water partition coefficient (Wildman–Crippen LogP) is 5.29. The molecule has 0 atom stereocenters. The van der Waals surface area contributed by atoms with E-state index in [9.17, 15) is 18.8 Å². The van der Waals surface area contributed by atoms with Gasteiger partial charge in [0.25, 0.3) is 11.8 Å². The molecule has 6 nitrogen and oxygen atoms in total. The molecule has 2 amide bonds. The molecular weight excluding hydrogens is 491 g/mol. The Morgan fingerprint density at radius 1 is 1.00 bits per heavy atom. The summed E-state index contributed by atoms with van der Waals surface area (Å²) in [6, 6.07) is 18.2. The van der Waals surface area contributed by atoms with Crippen LogP contribution in [0, 0.1) is 5.82 Å². The molecule has 1 saturated heterocycles. The van der Waals surface area contributed by atoms with Crippen LogP contribution in [-0.4, -0.2) is 22.7 Å². The van der Waals surface area contributed by atoms with Crippen LogP contribution in [0.2, 0.25) is 5.02 Å². The summed E-state index contributed by atoms with van der Waals surface area (Å²) in [4.78, 5) is 39.6. The highest BCUT2D eigenvalue weighted by atomic mass is 35.5. The predicted molar refractivity (Wildman–Crippen MR) is 134 cm³/mol. The first-order valence-corrected chi connectivity index (χ1v) is 11.1. The van der Waals surface area contributed by atoms with Gasteiger partial charge in [0.05, 0.1) is 5.69 Å². The number of hydrogen-bond acceptors (Lipinski definition) is 5. The number of ketones is 1. The number of benzene rings is 3. The number of anilines is 1. The molecule has 3 aromatic carbocycles. The van der Waals surface area contributed by atoms with Gasteiger partial charge in [-0.3, -0.25) is 24.6 Å². The molecule has 1 fully saturated rings. The second-order valence-electron chi connectivity index (χ2n) is 7.68. The Bertz CT molecular complexity index is 1560. The molecule has 1 aliphatic rings. The molecule has 1 aromatic heterocycles. The Morgan fingerprint density at radius 2 is 1.71 bits per heavy atom. The molecule has 1 N–H and O–H groups in total. The fraction of sp³-hybridized carbons (Fsp3) is 0. The first-order valence-electron chi connectivity index (χ1n) is 10.3. The quantitative estimate of drug-likeness (QED) is 0.177. The van der Waals surface area contributed by atoms with Crippen LogP contribution in [0.1, 0.15) is 21.7 Å². The normalized spacial score (nSPS) is 15.1. The van der Waals surface area contributed by atoms with Gasteiger partial charge in [0, 0.05) is 16.0 Å². The molecule has 4 aromatic rings. The number of hydrogen-bond donors (Lipinski definition) is 1. The van der Waals surface area contributed by atoms with Gasteiger partial charge in [0.1, 0.15) is 17.0 Å². The lowest BCUT2D eigenvalue weighted by Gasteiger charge is -2.28. The third-order valence-corrected chi connectivity index (χ3v) is 5.90. The minimum absolute atomic E-state index is 0.0336. The number of amides is 2. The monoisotopic (exact) mass is 504 g/mol. The Morgan fingerprint density at radius 3 is 2.43 bits per heavy atom. The van der Waals surface area contributed by atoms with Gasteiger partial charge in [0.2, 0.25) is 5.78 Å². The van der Waals surface area contributed by atoms with Crippen molar-refractivity contribution in [2.45, 2.75) is 0 Å². The number of thiocarbonyl (C=S) groups is 1. The van der Waals surface area contributed by atoms with Crippen LogP contribution >= 0.6 is 23.8 Å². The average Bonchev–Trinajstić information content (AvgIpc) is 3.26. The Kier molecular flexibility index (Phi) is 5.76. The maximum Gasteiger partial charge on any atom is 0.270 e. The molecule has 0 unspecified atom stereocenters. The van der Waals surface area contributed by atoms with E-state index < -0.39 is 23.4 Å². The highest BCUT2D eigenvalue weighted by molar-refractivity contribution is 7.80. The summed E-state index contributed by atoms with van der Waals surface area (Å²) in [7, 11) is 0. The molecule has 0 saturated carbocycles. The van der Waals surface area contributed by atoms with E-state index in [2.05, 4.69) is 5.32 Å². The van der Waals surface area contributed by atoms with Crippen molar-refractivity contribution in [1.29, 1.82) is 0 Å². The number of furan rings is 1. The number of fused-ring (bicyclic) bond motifs is 1. The second-order valence-corrected chi connectivity index (χ2v) is 8.50. The zero-order valence-electron chi connectivity index (χ0n) is 17.7. The largest absolute Gasteiger partial charge is 0.453 e. The number of nitrogens with one attached hydrogen (secondary N) is 1. The second kappa shape index (κ2) is 8.90. The lowest BCUT2D eigenvalue weighted by Crippen LogP contribution is -2.54. The smallest absolute Gasteiger partial charge is 0.270 e. The lowest BCUT2D eigenvalue weighted by atomic mass is 10.1. The zero-order chi connectivity index (χ0) is 24.7. The third-order valence-electron chi connectivity index (χ3n) is 5.37. The molecular formula is C26H14ClFN2O4S. The van der Waals surface area contributed by atoms with Gasteiger partial charge in [-0.15, -0.1) is 0 Å². The van der Waals surface area contributed by atoms with Crippen LogP contribution in [0.25, 0.3) is 17.0 Å². The molecule has 2 heterocycles. The fourth-order valence-electron chi connectivity index (χ4n) is 3.66. The summed E-state index contributed by atoms with van der Waals surface area (Å²) >= 11 is 11.1. The van der Waals surface area contributed by atoms with Crippen molar-refractivity contribution in [2.24, 2.45) is 0 Å². The molecule has 9 heteroatoms. The number of rotatable bonds is 4. The maximum absolute atomic E-state index is 13.2. The number of nitrogens with zero attached hydrogens (tertiary/aromatic N) is 1. The summed E-state index contributed by atoms with van der Waals surface area (Å²) < 4.78 is 18.8. The number of halogens is 2. The first-order chi connectivity index (χ1) is 16.8. The highest BCUT2D eigenvalue weighted by Crippen LogP contribution is 2.26. The van der Waals surface area contributed by atoms with Crippen molar-refractivity contribution in [2.75, 3.05) is 4.90 Å². The van der Waals surface area contributed by atoms with Gasteiger partial charge in [-0.2, -0.15) is 0 Å². The van der Waals surface area contributed by atoms with E-state index in [4.69, 9.17) is 28.2 Å². The van der Waals surface area contributed by atoms with Crippen molar-refractivity contribution < 1.29 is 23.2 Å². The van der Waals surface area contributed by atoms with Crippen molar-refractivity contribution in [3.8, 4) is 0 Å². The molecule has 172 valence electrons. The van der Waals surface area contributed by atoms with Crippen LogP contribution in [-0.2, 0) is 9.59 Å². The van der Waals surface area contributed by atoms with E-state index in [-0.39, 0.29) is 22.0 Å². The van der Waals surface area contributed by atoms with Gasteiger partial charge in [-0.1, -0.05) is 17.7 Å². The van der Waals surface area contributed by atoms with Gasteiger partial charge < -0.3 is 4.42 Å². The lowest BCUT2D eigenvalue weighted by molar-refractivity contribution is -0.122. The average molecular weight is 505 g/mol. The van der Waals surface area contributed by atoms with Crippen LogP contribution in [0.4, 0.5) is 10.1 Å². The standard InChI is InChI=1S/C26H14ClFN2O4S/c27-17-4-8-19(9-5-17)30-25(33)20(24(32)29-26(30)35)12-14-1-10-21-16(11-14)13-22(34-21)23(31)15-2-6-18(28)7-3-15/h1-13H,(H,29,32,35). The van der Waals surface area contributed by atoms with Crippen LogP contribution in [0.15, 0.2) is 82.8 Å². The van der Waals surface area contributed by atoms with E-state index in [1.165, 1.54) is 35.2 Å². The first kappa shape index (κ1) is 22.6. The molecule has 35 heavy (non-hydrogen) atoms. The molecule has 0 spiro atoms. The Hall–Kier alpha value is -4.14. The topological polar surface area (TPSA) is 79.6 Å². The van der Waals surface area contributed by atoms with Crippen LogP contribution < -0.4 is 10.2 Å². The minimum atomic E-state index is -0.621. The maximum atomic E-state index is 13.2. The summed E-state index contributed by atoms with van der Waals surface area (Å²) in [5.74, 6) is -1.96. The summed E-state index contributed by atoms with van der Waals surface area (Å²) in [6.45, 7) is 0. The van der Waals surface area contributed by atoms with Crippen molar-refractivity contribution in [1.82, 2.24) is 5.32 Å².